The molecule has 4 atom stereocenters. The molecular formula is C21H28N6O4. The van der Waals surface area contributed by atoms with Gasteiger partial charge >= 0.3 is 0 Å². The van der Waals surface area contributed by atoms with Crippen molar-refractivity contribution in [3.63, 3.8) is 0 Å². The van der Waals surface area contributed by atoms with E-state index in [0.717, 1.165) is 29.9 Å². The minimum Gasteiger partial charge on any atom is -0.388 e. The Morgan fingerprint density at radius 2 is 1.94 bits per heavy atom. The molecule has 0 radical (unpaired) electrons. The second-order valence-corrected chi connectivity index (χ2v) is 8.56. The first-order valence-corrected chi connectivity index (χ1v) is 10.9. The van der Waals surface area contributed by atoms with Crippen molar-refractivity contribution in [3.8, 4) is 0 Å². The van der Waals surface area contributed by atoms with E-state index in [2.05, 4.69) is 25.4 Å². The van der Waals surface area contributed by atoms with E-state index in [-0.39, 0.29) is 0 Å². The van der Waals surface area contributed by atoms with E-state index in [0.29, 0.717) is 35.9 Å². The molecule has 10 nitrogen and oxygen atoms in total. The van der Waals surface area contributed by atoms with E-state index in [1.807, 2.05) is 13.8 Å². The number of rotatable bonds is 6. The van der Waals surface area contributed by atoms with Crippen molar-refractivity contribution >= 4 is 17.0 Å². The molecule has 0 aromatic carbocycles. The Hall–Kier alpha value is -2.56. The van der Waals surface area contributed by atoms with E-state index in [9.17, 15) is 10.2 Å². The SMILES string of the molecule is Cc1noc(C)c1CC[C@H]1O[C@@H](n2cnc3c(NC4CCCC4)ncnc32)[C@H](O)[C@@H]1O. The third-order valence-electron chi connectivity index (χ3n) is 6.53. The van der Waals surface area contributed by atoms with Gasteiger partial charge in [-0.05, 0) is 39.5 Å². The maximum Gasteiger partial charge on any atom is 0.167 e. The Morgan fingerprint density at radius 1 is 1.13 bits per heavy atom. The number of nitrogens with zero attached hydrogens (tertiary/aromatic N) is 5. The van der Waals surface area contributed by atoms with Crippen molar-refractivity contribution in [1.82, 2.24) is 24.7 Å². The van der Waals surface area contributed by atoms with Crippen molar-refractivity contribution in [1.29, 1.82) is 0 Å². The molecule has 0 spiro atoms. The fourth-order valence-corrected chi connectivity index (χ4v) is 4.75. The zero-order valence-electron chi connectivity index (χ0n) is 17.7. The maximum absolute atomic E-state index is 10.7. The first-order chi connectivity index (χ1) is 15.0. The van der Waals surface area contributed by atoms with Crippen LogP contribution in [0.1, 0.15) is 55.3 Å². The fourth-order valence-electron chi connectivity index (χ4n) is 4.75. The van der Waals surface area contributed by atoms with Crippen LogP contribution in [0.3, 0.4) is 0 Å². The Morgan fingerprint density at radius 3 is 2.68 bits per heavy atom. The highest BCUT2D eigenvalue weighted by Crippen LogP contribution is 2.34. The summed E-state index contributed by atoms with van der Waals surface area (Å²) in [4.78, 5) is 13.2. The number of aryl methyl sites for hydroxylation is 2. The van der Waals surface area contributed by atoms with Crippen molar-refractivity contribution in [2.24, 2.45) is 0 Å². The highest BCUT2D eigenvalue weighted by molar-refractivity contribution is 5.82. The first kappa shape index (κ1) is 20.3. The summed E-state index contributed by atoms with van der Waals surface area (Å²) in [5, 5.41) is 28.8. The van der Waals surface area contributed by atoms with Crippen LogP contribution in [0.2, 0.25) is 0 Å². The second kappa shape index (κ2) is 8.18. The molecule has 5 rings (SSSR count). The molecule has 2 fully saturated rings. The molecule has 3 aromatic rings. The molecular weight excluding hydrogens is 400 g/mol. The largest absolute Gasteiger partial charge is 0.388 e. The lowest BCUT2D eigenvalue weighted by Gasteiger charge is -2.17. The average Bonchev–Trinajstić information content (AvgIpc) is 3.53. The number of anilines is 1. The standard InChI is InChI=1S/C21H28N6O4/c1-11-14(12(2)31-26-11)7-8-15-17(28)18(29)21(30-15)27-10-24-16-19(22-9-23-20(16)27)25-13-5-3-4-6-13/h9-10,13,15,17-18,21,28-29H,3-8H2,1-2H3,(H,22,23,25)/t15-,17-,18-,21-/m1/s1. The van der Waals surface area contributed by atoms with Crippen LogP contribution in [0, 0.1) is 13.8 Å². The second-order valence-electron chi connectivity index (χ2n) is 8.56. The van der Waals surface area contributed by atoms with Crippen LogP contribution >= 0.6 is 0 Å². The summed E-state index contributed by atoms with van der Waals surface area (Å²) < 4.78 is 13.0. The lowest BCUT2D eigenvalue weighted by Crippen LogP contribution is -2.31. The molecule has 2 aliphatic rings. The van der Waals surface area contributed by atoms with Gasteiger partial charge in [-0.25, -0.2) is 15.0 Å². The summed E-state index contributed by atoms with van der Waals surface area (Å²) in [6, 6.07) is 0.395. The number of hydrogen-bond acceptors (Lipinski definition) is 9. The van der Waals surface area contributed by atoms with Crippen LogP contribution in [-0.4, -0.2) is 59.2 Å². The summed E-state index contributed by atoms with van der Waals surface area (Å²) in [5.41, 5.74) is 3.05. The smallest absolute Gasteiger partial charge is 0.167 e. The predicted octanol–water partition coefficient (Wildman–Crippen LogP) is 2.04. The third kappa shape index (κ3) is 3.68. The van der Waals surface area contributed by atoms with Gasteiger partial charge in [0.1, 0.15) is 24.3 Å². The van der Waals surface area contributed by atoms with Crippen LogP contribution in [-0.2, 0) is 11.2 Å². The van der Waals surface area contributed by atoms with Crippen molar-refractivity contribution in [2.75, 3.05) is 5.32 Å². The summed E-state index contributed by atoms with van der Waals surface area (Å²) in [6.07, 6.45) is 5.54. The molecule has 10 heteroatoms. The van der Waals surface area contributed by atoms with Crippen LogP contribution in [0.4, 0.5) is 5.82 Å². The average molecular weight is 428 g/mol. The highest BCUT2D eigenvalue weighted by atomic mass is 16.6. The molecule has 1 aliphatic carbocycles. The fraction of sp³-hybridized carbons (Fsp3) is 0.619. The molecule has 3 N–H and O–H groups in total. The van der Waals surface area contributed by atoms with E-state index in [1.165, 1.54) is 19.2 Å². The highest BCUT2D eigenvalue weighted by Gasteiger charge is 2.44. The van der Waals surface area contributed by atoms with Crippen LogP contribution in [0.25, 0.3) is 11.2 Å². The monoisotopic (exact) mass is 428 g/mol. The van der Waals surface area contributed by atoms with Gasteiger partial charge in [0.25, 0.3) is 0 Å². The molecule has 1 saturated carbocycles. The lowest BCUT2D eigenvalue weighted by molar-refractivity contribution is -0.0368. The number of ether oxygens (including phenoxy) is 1. The number of aliphatic hydroxyl groups excluding tert-OH is 2. The van der Waals surface area contributed by atoms with E-state index in [1.54, 1.807) is 10.9 Å². The molecule has 1 saturated heterocycles. The number of hydrogen-bond donors (Lipinski definition) is 3. The van der Waals surface area contributed by atoms with Gasteiger partial charge in [0, 0.05) is 11.6 Å². The van der Waals surface area contributed by atoms with Gasteiger partial charge in [0.05, 0.1) is 18.1 Å². The number of fused-ring (bicyclic) bond motifs is 1. The van der Waals surface area contributed by atoms with E-state index in [4.69, 9.17) is 9.26 Å². The Labute approximate surface area is 179 Å². The molecule has 3 aromatic heterocycles. The van der Waals surface area contributed by atoms with Crippen molar-refractivity contribution < 1.29 is 19.5 Å². The summed E-state index contributed by atoms with van der Waals surface area (Å²) in [6.45, 7) is 3.76. The number of aromatic nitrogens is 5. The third-order valence-corrected chi connectivity index (χ3v) is 6.53. The zero-order valence-corrected chi connectivity index (χ0v) is 17.7. The van der Waals surface area contributed by atoms with Crippen LogP contribution in [0.15, 0.2) is 17.2 Å². The molecule has 0 bridgehead atoms. The molecule has 0 unspecified atom stereocenters. The van der Waals surface area contributed by atoms with E-state index >= 15 is 0 Å². The van der Waals surface area contributed by atoms with Gasteiger partial charge in [-0.1, -0.05) is 18.0 Å². The maximum atomic E-state index is 10.7. The van der Waals surface area contributed by atoms with Gasteiger partial charge < -0.3 is 24.8 Å². The number of aliphatic hydroxyl groups is 2. The summed E-state index contributed by atoms with van der Waals surface area (Å²) in [7, 11) is 0. The number of nitrogens with one attached hydrogen (secondary N) is 1. The van der Waals surface area contributed by atoms with Gasteiger partial charge in [0.15, 0.2) is 23.2 Å². The van der Waals surface area contributed by atoms with Gasteiger partial charge in [-0.2, -0.15) is 0 Å². The van der Waals surface area contributed by atoms with Gasteiger partial charge in [-0.15, -0.1) is 0 Å². The van der Waals surface area contributed by atoms with Crippen LogP contribution < -0.4 is 5.32 Å². The molecule has 0 amide bonds. The zero-order chi connectivity index (χ0) is 21.5. The van der Waals surface area contributed by atoms with Crippen molar-refractivity contribution in [2.45, 2.75) is 83.0 Å². The minimum absolute atomic E-state index is 0.395. The van der Waals surface area contributed by atoms with Gasteiger partial charge in [-0.3, -0.25) is 4.57 Å². The van der Waals surface area contributed by atoms with E-state index < -0.39 is 24.5 Å². The van der Waals surface area contributed by atoms with Crippen molar-refractivity contribution in [3.05, 3.63) is 29.7 Å². The lowest BCUT2D eigenvalue weighted by atomic mass is 10.0. The Balaban J connectivity index is 1.35. The normalized spacial score (nSPS) is 26.8. The molecule has 4 heterocycles. The summed E-state index contributed by atoms with van der Waals surface area (Å²) >= 11 is 0. The quantitative estimate of drug-likeness (QED) is 0.539. The number of imidazole rings is 1. The molecule has 166 valence electrons. The minimum atomic E-state index is -1.09. The molecule has 31 heavy (non-hydrogen) atoms. The predicted molar refractivity (Wildman–Crippen MR) is 111 cm³/mol. The summed E-state index contributed by atoms with van der Waals surface area (Å²) in [5.74, 6) is 1.46. The van der Waals surface area contributed by atoms with Crippen LogP contribution in [0.5, 0.6) is 0 Å². The van der Waals surface area contributed by atoms with Gasteiger partial charge in [0.2, 0.25) is 0 Å². The Kier molecular flexibility index (Phi) is 5.37. The first-order valence-electron chi connectivity index (χ1n) is 10.9. The topological polar surface area (TPSA) is 131 Å². The Bertz CT molecular complexity index is 1040. The molecule has 1 aliphatic heterocycles.